The first kappa shape index (κ1) is 20.3. The number of hydrogen-bond acceptors (Lipinski definition) is 7. The Hall–Kier alpha value is -4.66. The molecule has 0 unspecified atom stereocenters. The zero-order valence-electron chi connectivity index (χ0n) is 17.1. The summed E-state index contributed by atoms with van der Waals surface area (Å²) in [5.74, 6) is 1.57. The summed E-state index contributed by atoms with van der Waals surface area (Å²) in [4.78, 5) is 22.8. The van der Waals surface area contributed by atoms with Crippen LogP contribution in [0.3, 0.4) is 0 Å². The Balaban J connectivity index is 1.21. The van der Waals surface area contributed by atoms with E-state index in [4.69, 9.17) is 13.9 Å². The van der Waals surface area contributed by atoms with Gasteiger partial charge in [0.1, 0.15) is 18.1 Å². The van der Waals surface area contributed by atoms with Gasteiger partial charge in [0.15, 0.2) is 11.5 Å². The second-order valence-electron chi connectivity index (χ2n) is 7.30. The van der Waals surface area contributed by atoms with E-state index in [9.17, 15) is 14.9 Å². The van der Waals surface area contributed by atoms with E-state index in [1.54, 1.807) is 24.3 Å². The number of non-ortho nitro benzene ring substituents is 1. The molecule has 0 bridgehead atoms. The van der Waals surface area contributed by atoms with Crippen molar-refractivity contribution in [1.29, 1.82) is 0 Å². The topological polar surface area (TPSA) is 116 Å². The van der Waals surface area contributed by atoms with Gasteiger partial charge < -0.3 is 13.9 Å². The molecule has 33 heavy (non-hydrogen) atoms. The molecule has 4 aromatic rings. The minimum Gasteiger partial charge on any atom is -0.485 e. The summed E-state index contributed by atoms with van der Waals surface area (Å²) in [5.41, 5.74) is 3.11. The lowest BCUT2D eigenvalue weighted by atomic mass is 10.1. The van der Waals surface area contributed by atoms with Crippen LogP contribution in [0.2, 0.25) is 0 Å². The lowest BCUT2D eigenvalue weighted by Gasteiger charge is -2.25. The van der Waals surface area contributed by atoms with Gasteiger partial charge in [-0.05, 0) is 47.2 Å². The van der Waals surface area contributed by atoms with Gasteiger partial charge >= 0.3 is 0 Å². The van der Waals surface area contributed by atoms with Crippen molar-refractivity contribution in [2.75, 3.05) is 6.61 Å². The molecule has 9 nitrogen and oxygen atoms in total. The van der Waals surface area contributed by atoms with E-state index < -0.39 is 16.9 Å². The Morgan fingerprint density at radius 3 is 2.48 bits per heavy atom. The third-order valence-electron chi connectivity index (χ3n) is 5.12. The first-order chi connectivity index (χ1) is 16.1. The second kappa shape index (κ2) is 8.46. The molecule has 1 N–H and O–H groups in total. The number of nitrogens with zero attached hydrogens (tertiary/aromatic N) is 2. The predicted molar refractivity (Wildman–Crippen MR) is 120 cm³/mol. The quantitative estimate of drug-likeness (QED) is 0.279. The lowest BCUT2D eigenvalue weighted by molar-refractivity contribution is -0.384. The maximum Gasteiger partial charge on any atom is 0.284 e. The Bertz CT molecular complexity index is 1380. The van der Waals surface area contributed by atoms with Gasteiger partial charge in [-0.3, -0.25) is 14.9 Å². The first-order valence-corrected chi connectivity index (χ1v) is 10.1. The average molecular weight is 443 g/mol. The summed E-state index contributed by atoms with van der Waals surface area (Å²) in [6.07, 6.45) is 0.515. The van der Waals surface area contributed by atoms with Crippen LogP contribution in [0.4, 0.5) is 5.69 Å². The van der Waals surface area contributed by atoms with Crippen LogP contribution in [0, 0.1) is 10.1 Å². The molecule has 1 atom stereocenters. The molecule has 0 radical (unpaired) electrons. The molecule has 0 saturated carbocycles. The number of nitrogens with one attached hydrogen (secondary N) is 1. The van der Waals surface area contributed by atoms with Gasteiger partial charge in [0, 0.05) is 17.7 Å². The first-order valence-electron chi connectivity index (χ1n) is 10.1. The van der Waals surface area contributed by atoms with E-state index in [1.165, 1.54) is 18.3 Å². The monoisotopic (exact) mass is 443 g/mol. The minimum atomic E-state index is -0.844. The summed E-state index contributed by atoms with van der Waals surface area (Å²) >= 11 is 0. The number of nitro benzene ring substituents is 1. The molecule has 5 rings (SSSR count). The van der Waals surface area contributed by atoms with E-state index in [0.717, 1.165) is 10.8 Å². The van der Waals surface area contributed by atoms with Gasteiger partial charge in [-0.25, -0.2) is 5.43 Å². The van der Waals surface area contributed by atoms with Crippen LogP contribution < -0.4 is 14.9 Å². The zero-order valence-corrected chi connectivity index (χ0v) is 17.1. The number of benzene rings is 3. The number of nitro groups is 1. The number of carbonyl (C=O) groups excluding carboxylic acids is 1. The molecule has 1 amide bonds. The number of amides is 1. The number of fused-ring (bicyclic) bond motifs is 2. The summed E-state index contributed by atoms with van der Waals surface area (Å²) in [6.45, 7) is 0.0672. The van der Waals surface area contributed by atoms with Crippen LogP contribution in [0.25, 0.3) is 22.1 Å². The van der Waals surface area contributed by atoms with E-state index in [0.29, 0.717) is 28.6 Å². The SMILES string of the molecule is O=C(N/N=C/c1ccc(-c2ccc([N+](=O)[O-])cc2)o1)[C@H]1COc2cc3ccccc3cc2O1. The van der Waals surface area contributed by atoms with Gasteiger partial charge in [-0.1, -0.05) is 24.3 Å². The Labute approximate surface area is 187 Å². The molecule has 0 spiro atoms. The van der Waals surface area contributed by atoms with Crippen molar-refractivity contribution in [1.82, 2.24) is 5.43 Å². The Morgan fingerprint density at radius 1 is 1.03 bits per heavy atom. The van der Waals surface area contributed by atoms with Gasteiger partial charge in [-0.2, -0.15) is 5.10 Å². The smallest absolute Gasteiger partial charge is 0.284 e. The predicted octanol–water partition coefficient (Wildman–Crippen LogP) is 4.30. The van der Waals surface area contributed by atoms with E-state index >= 15 is 0 Å². The van der Waals surface area contributed by atoms with Crippen molar-refractivity contribution in [3.8, 4) is 22.8 Å². The van der Waals surface area contributed by atoms with E-state index in [-0.39, 0.29) is 12.3 Å². The van der Waals surface area contributed by atoms with Crippen molar-refractivity contribution in [2.24, 2.45) is 5.10 Å². The molecule has 3 aromatic carbocycles. The highest BCUT2D eigenvalue weighted by atomic mass is 16.6. The summed E-state index contributed by atoms with van der Waals surface area (Å²) in [6, 6.07) is 20.9. The molecule has 1 aliphatic heterocycles. The van der Waals surface area contributed by atoms with E-state index in [1.807, 2.05) is 36.4 Å². The summed E-state index contributed by atoms with van der Waals surface area (Å²) in [7, 11) is 0. The maximum absolute atomic E-state index is 12.5. The third-order valence-corrected chi connectivity index (χ3v) is 5.12. The van der Waals surface area contributed by atoms with Crippen molar-refractivity contribution < 1.29 is 23.6 Å². The zero-order chi connectivity index (χ0) is 22.8. The number of ether oxygens (including phenoxy) is 2. The van der Waals surface area contributed by atoms with Gasteiger partial charge in [0.25, 0.3) is 11.6 Å². The fourth-order valence-electron chi connectivity index (χ4n) is 3.44. The Morgan fingerprint density at radius 2 is 1.76 bits per heavy atom. The van der Waals surface area contributed by atoms with Crippen molar-refractivity contribution in [3.63, 3.8) is 0 Å². The average Bonchev–Trinajstić information content (AvgIpc) is 3.31. The van der Waals surface area contributed by atoms with Gasteiger partial charge in [0.05, 0.1) is 11.1 Å². The normalized spacial score (nSPS) is 15.0. The number of hydrogen-bond donors (Lipinski definition) is 1. The highest BCUT2D eigenvalue weighted by Gasteiger charge is 2.27. The number of hydrazone groups is 1. The Kier molecular flexibility index (Phi) is 5.19. The van der Waals surface area contributed by atoms with Crippen molar-refractivity contribution in [2.45, 2.75) is 6.10 Å². The fourth-order valence-corrected chi connectivity index (χ4v) is 3.44. The molecular weight excluding hydrogens is 426 g/mol. The van der Waals surface area contributed by atoms with Gasteiger partial charge in [0.2, 0.25) is 6.10 Å². The number of furan rings is 1. The molecule has 9 heteroatoms. The largest absolute Gasteiger partial charge is 0.485 e. The standard InChI is InChI=1S/C24H17N3O6/c28-24(23-14-31-21-11-16-3-1-2-4-17(16)12-22(21)33-23)26-25-13-19-9-10-20(32-19)15-5-7-18(8-6-15)27(29)30/h1-13,23H,14H2,(H,26,28)/b25-13+/t23-/m1/s1. The third kappa shape index (κ3) is 4.24. The van der Waals surface area contributed by atoms with Crippen LogP contribution in [0.5, 0.6) is 11.5 Å². The molecule has 0 aliphatic carbocycles. The van der Waals surface area contributed by atoms with Crippen LogP contribution in [0.1, 0.15) is 5.76 Å². The number of rotatable bonds is 5. The van der Waals surface area contributed by atoms with Crippen molar-refractivity contribution >= 4 is 28.6 Å². The van der Waals surface area contributed by atoms with Crippen LogP contribution in [-0.4, -0.2) is 29.8 Å². The van der Waals surface area contributed by atoms with Gasteiger partial charge in [-0.15, -0.1) is 0 Å². The van der Waals surface area contributed by atoms with E-state index in [2.05, 4.69) is 10.5 Å². The minimum absolute atomic E-state index is 0.000439. The second-order valence-corrected chi connectivity index (χ2v) is 7.30. The molecule has 0 saturated heterocycles. The number of carbonyl (C=O) groups is 1. The molecule has 164 valence electrons. The lowest BCUT2D eigenvalue weighted by Crippen LogP contribution is -2.42. The van der Waals surface area contributed by atoms with Crippen LogP contribution in [0.15, 0.2) is 82.3 Å². The maximum atomic E-state index is 12.5. The molecule has 1 aliphatic rings. The highest BCUT2D eigenvalue weighted by Crippen LogP contribution is 2.35. The summed E-state index contributed by atoms with van der Waals surface area (Å²) < 4.78 is 17.2. The molecule has 1 aromatic heterocycles. The highest BCUT2D eigenvalue weighted by molar-refractivity contribution is 5.87. The van der Waals surface area contributed by atoms with Crippen LogP contribution >= 0.6 is 0 Å². The fraction of sp³-hybridized carbons (Fsp3) is 0.0833. The molecule has 2 heterocycles. The molecule has 0 fully saturated rings. The molecular formula is C24H17N3O6. The summed E-state index contributed by atoms with van der Waals surface area (Å²) in [5, 5.41) is 16.7. The van der Waals surface area contributed by atoms with Crippen LogP contribution in [-0.2, 0) is 4.79 Å². The van der Waals surface area contributed by atoms with Crippen molar-refractivity contribution in [3.05, 3.63) is 88.7 Å².